The minimum Gasteiger partial charge on any atom is -0.598 e. The fourth-order valence-electron chi connectivity index (χ4n) is 0.702. The van der Waals surface area contributed by atoms with E-state index in [1.54, 1.807) is 20.8 Å². The minimum atomic E-state index is -2.93. The maximum absolute atomic E-state index is 13.0. The summed E-state index contributed by atoms with van der Waals surface area (Å²) in [4.78, 5) is 0. The highest BCUT2D eigenvalue weighted by atomic mass is 32.2. The summed E-state index contributed by atoms with van der Waals surface area (Å²) in [6, 6.07) is -1.78. The van der Waals surface area contributed by atoms with Gasteiger partial charge in [-0.1, -0.05) is 6.08 Å². The lowest BCUT2D eigenvalue weighted by Crippen LogP contribution is -2.51. The maximum Gasteiger partial charge on any atom is 0.261 e. The molecule has 90 valence electrons. The van der Waals surface area contributed by atoms with Crippen molar-refractivity contribution in [2.24, 2.45) is 0 Å². The van der Waals surface area contributed by atoms with Gasteiger partial charge >= 0.3 is 0 Å². The molecule has 3 atom stereocenters. The Kier molecular flexibility index (Phi) is 5.69. The van der Waals surface area contributed by atoms with Crippen molar-refractivity contribution in [2.75, 3.05) is 0 Å². The zero-order valence-corrected chi connectivity index (χ0v) is 9.78. The SMILES string of the molecule is C=CC(F)C(N[S@+]([O-])C(C)(C)C)C(F)F. The molecule has 0 aliphatic rings. The molecule has 15 heavy (non-hydrogen) atoms. The third-order valence-corrected chi connectivity index (χ3v) is 3.24. The fraction of sp³-hybridized carbons (Fsp3) is 0.778. The van der Waals surface area contributed by atoms with Crippen LogP contribution in [0.2, 0.25) is 0 Å². The summed E-state index contributed by atoms with van der Waals surface area (Å²) in [6.45, 7) is 7.92. The largest absolute Gasteiger partial charge is 0.598 e. The molecule has 0 aromatic heterocycles. The predicted octanol–water partition coefficient (Wildman–Crippen LogP) is 2.20. The third-order valence-electron chi connectivity index (χ3n) is 1.64. The van der Waals surface area contributed by atoms with Crippen molar-refractivity contribution in [3.63, 3.8) is 0 Å². The first-order chi connectivity index (χ1) is 6.70. The number of nitrogens with one attached hydrogen (secondary N) is 1. The van der Waals surface area contributed by atoms with Gasteiger partial charge in [-0.3, -0.25) is 0 Å². The van der Waals surface area contributed by atoms with Gasteiger partial charge in [0.2, 0.25) is 0 Å². The van der Waals surface area contributed by atoms with Crippen LogP contribution in [0.1, 0.15) is 20.8 Å². The van der Waals surface area contributed by atoms with Crippen molar-refractivity contribution < 1.29 is 17.7 Å². The summed E-state index contributed by atoms with van der Waals surface area (Å²) in [7, 11) is 0. The van der Waals surface area contributed by atoms with E-state index in [2.05, 4.69) is 11.3 Å². The Balaban J connectivity index is 4.49. The van der Waals surface area contributed by atoms with E-state index in [1.165, 1.54) is 0 Å². The predicted molar refractivity (Wildman–Crippen MR) is 55.9 cm³/mol. The number of halogens is 3. The van der Waals surface area contributed by atoms with Gasteiger partial charge in [0.15, 0.2) is 0 Å². The van der Waals surface area contributed by atoms with Crippen LogP contribution in [0.4, 0.5) is 13.2 Å². The van der Waals surface area contributed by atoms with Crippen molar-refractivity contribution >= 4 is 11.4 Å². The van der Waals surface area contributed by atoms with Gasteiger partial charge in [-0.25, -0.2) is 13.2 Å². The van der Waals surface area contributed by atoms with Gasteiger partial charge in [0.05, 0.1) is 0 Å². The molecule has 0 aliphatic carbocycles. The molecule has 0 aromatic carbocycles. The molecule has 0 rings (SSSR count). The second kappa shape index (κ2) is 5.77. The van der Waals surface area contributed by atoms with Crippen LogP contribution in [0, 0.1) is 0 Å². The molecule has 0 saturated carbocycles. The number of hydrogen-bond donors (Lipinski definition) is 1. The van der Waals surface area contributed by atoms with Crippen LogP contribution in [-0.2, 0) is 11.4 Å². The highest BCUT2D eigenvalue weighted by Crippen LogP contribution is 2.18. The summed E-state index contributed by atoms with van der Waals surface area (Å²) < 4.78 is 50.6. The number of alkyl halides is 3. The zero-order chi connectivity index (χ0) is 12.2. The summed E-state index contributed by atoms with van der Waals surface area (Å²) in [5.41, 5.74) is 0. The Bertz CT molecular complexity index is 208. The molecule has 0 spiro atoms. The zero-order valence-electron chi connectivity index (χ0n) is 8.97. The molecule has 0 heterocycles. The van der Waals surface area contributed by atoms with Gasteiger partial charge in [-0.15, -0.1) is 11.3 Å². The third kappa shape index (κ3) is 4.90. The van der Waals surface area contributed by atoms with Crippen LogP contribution in [0.3, 0.4) is 0 Å². The van der Waals surface area contributed by atoms with E-state index in [1.807, 2.05) is 0 Å². The highest BCUT2D eigenvalue weighted by Gasteiger charge is 2.36. The molecule has 0 amide bonds. The Morgan fingerprint density at radius 1 is 1.33 bits per heavy atom. The first-order valence-electron chi connectivity index (χ1n) is 4.43. The molecule has 0 radical (unpaired) electrons. The van der Waals surface area contributed by atoms with Gasteiger partial charge in [0.25, 0.3) is 6.43 Å². The summed E-state index contributed by atoms with van der Waals surface area (Å²) >= 11 is -1.73. The van der Waals surface area contributed by atoms with E-state index in [0.717, 1.165) is 6.08 Å². The fourth-order valence-corrected chi connectivity index (χ4v) is 1.54. The molecule has 0 fully saturated rings. The van der Waals surface area contributed by atoms with Crippen molar-refractivity contribution in [3.05, 3.63) is 12.7 Å². The van der Waals surface area contributed by atoms with E-state index in [4.69, 9.17) is 0 Å². The van der Waals surface area contributed by atoms with Crippen molar-refractivity contribution in [1.82, 2.24) is 4.72 Å². The van der Waals surface area contributed by atoms with Crippen LogP contribution >= 0.6 is 0 Å². The lowest BCUT2D eigenvalue weighted by molar-refractivity contribution is 0.0787. The first kappa shape index (κ1) is 14.8. The number of rotatable bonds is 5. The van der Waals surface area contributed by atoms with E-state index in [9.17, 15) is 17.7 Å². The molecular weight excluding hydrogens is 227 g/mol. The Morgan fingerprint density at radius 3 is 2.07 bits per heavy atom. The molecular formula is C9H16F3NOS. The Labute approximate surface area is 91.2 Å². The van der Waals surface area contributed by atoms with Crippen molar-refractivity contribution in [1.29, 1.82) is 0 Å². The summed E-state index contributed by atoms with van der Waals surface area (Å²) in [6.07, 6.45) is -4.08. The lowest BCUT2D eigenvalue weighted by Gasteiger charge is -2.28. The van der Waals surface area contributed by atoms with Crippen molar-refractivity contribution in [3.8, 4) is 0 Å². The normalized spacial score (nSPS) is 18.7. The van der Waals surface area contributed by atoms with E-state index in [0.29, 0.717) is 0 Å². The summed E-state index contributed by atoms with van der Waals surface area (Å²) in [5.74, 6) is 0. The van der Waals surface area contributed by atoms with Gasteiger partial charge in [-0.05, 0) is 20.8 Å². The molecule has 2 unspecified atom stereocenters. The van der Waals surface area contributed by atoms with Crippen molar-refractivity contribution in [2.45, 2.75) is 44.2 Å². The second-order valence-corrected chi connectivity index (χ2v) is 6.04. The van der Waals surface area contributed by atoms with Crippen LogP contribution < -0.4 is 4.72 Å². The monoisotopic (exact) mass is 243 g/mol. The first-order valence-corrected chi connectivity index (χ1v) is 5.58. The minimum absolute atomic E-state index is 0.714. The molecule has 0 bridgehead atoms. The average Bonchev–Trinajstić information content (AvgIpc) is 2.10. The Morgan fingerprint density at radius 2 is 1.80 bits per heavy atom. The van der Waals surface area contributed by atoms with E-state index in [-0.39, 0.29) is 0 Å². The average molecular weight is 243 g/mol. The van der Waals surface area contributed by atoms with Crippen LogP contribution in [0.15, 0.2) is 12.7 Å². The quantitative estimate of drug-likeness (QED) is 0.593. The number of hydrogen-bond acceptors (Lipinski definition) is 2. The van der Waals surface area contributed by atoms with Gasteiger partial charge in [0, 0.05) is 11.4 Å². The van der Waals surface area contributed by atoms with Crippen LogP contribution in [-0.4, -0.2) is 27.9 Å². The second-order valence-electron chi connectivity index (χ2n) is 4.04. The van der Waals surface area contributed by atoms with Gasteiger partial charge in [0.1, 0.15) is 17.0 Å². The standard InChI is InChI=1S/C9H16F3NOS/c1-5-6(10)7(8(11)12)13-15(14)9(2,3)4/h5-8,13H,1H2,2-4H3/t6?,7?,15-/m1/s1. The van der Waals surface area contributed by atoms with Gasteiger partial charge in [-0.2, -0.15) is 0 Å². The summed E-state index contributed by atoms with van der Waals surface area (Å²) in [5, 5.41) is 0. The van der Waals surface area contributed by atoms with Crippen LogP contribution in [0.5, 0.6) is 0 Å². The van der Waals surface area contributed by atoms with Gasteiger partial charge < -0.3 is 4.55 Å². The maximum atomic E-state index is 13.0. The lowest BCUT2D eigenvalue weighted by atomic mass is 10.2. The van der Waals surface area contributed by atoms with E-state index < -0.39 is 34.7 Å². The Hall–Kier alpha value is -0.200. The molecule has 1 N–H and O–H groups in total. The molecule has 0 saturated heterocycles. The molecule has 0 aromatic rings. The highest BCUT2D eigenvalue weighted by molar-refractivity contribution is 7.90. The smallest absolute Gasteiger partial charge is 0.261 e. The van der Waals surface area contributed by atoms with E-state index >= 15 is 0 Å². The van der Waals surface area contributed by atoms with Crippen LogP contribution in [0.25, 0.3) is 0 Å². The molecule has 0 aliphatic heterocycles. The topological polar surface area (TPSA) is 35.1 Å². The molecule has 6 heteroatoms. The molecule has 2 nitrogen and oxygen atoms in total.